The molecule has 1 amide bonds. The molecule has 0 unspecified atom stereocenters. The van der Waals surface area contributed by atoms with E-state index in [1.807, 2.05) is 17.5 Å². The number of nitrogens with zero attached hydrogens (tertiary/aromatic N) is 4. The van der Waals surface area contributed by atoms with Gasteiger partial charge in [0.15, 0.2) is 10.8 Å². The third-order valence-electron chi connectivity index (χ3n) is 2.98. The molecular weight excluding hydrogens is 298 g/mol. The molecule has 7 heteroatoms. The first kappa shape index (κ1) is 14.0. The minimum absolute atomic E-state index is 0.290. The Balaban J connectivity index is 1.76. The minimum atomic E-state index is -0.290. The molecule has 0 aliphatic rings. The van der Waals surface area contributed by atoms with E-state index in [0.29, 0.717) is 16.4 Å². The van der Waals surface area contributed by atoms with E-state index in [1.54, 1.807) is 36.1 Å². The largest absolute Gasteiger partial charge is 0.296 e. The lowest BCUT2D eigenvalue weighted by atomic mass is 10.1. The van der Waals surface area contributed by atoms with E-state index in [4.69, 9.17) is 5.26 Å². The summed E-state index contributed by atoms with van der Waals surface area (Å²) < 4.78 is 1.57. The molecule has 6 nitrogen and oxygen atoms in total. The molecule has 0 aliphatic heterocycles. The molecule has 0 radical (unpaired) electrons. The summed E-state index contributed by atoms with van der Waals surface area (Å²) in [5, 5.41) is 17.9. The van der Waals surface area contributed by atoms with Crippen LogP contribution in [0.3, 0.4) is 0 Å². The van der Waals surface area contributed by atoms with Gasteiger partial charge in [0.2, 0.25) is 0 Å². The molecule has 0 atom stereocenters. The smallest absolute Gasteiger partial charge is 0.277 e. The highest BCUT2D eigenvalue weighted by Gasteiger charge is 2.12. The summed E-state index contributed by atoms with van der Waals surface area (Å²) in [5.41, 5.74) is 2.60. The van der Waals surface area contributed by atoms with E-state index >= 15 is 0 Å². The highest BCUT2D eigenvalue weighted by Crippen LogP contribution is 2.25. The van der Waals surface area contributed by atoms with Crippen LogP contribution in [0.15, 0.2) is 41.9 Å². The van der Waals surface area contributed by atoms with Gasteiger partial charge < -0.3 is 0 Å². The first-order valence-electron chi connectivity index (χ1n) is 6.43. The quantitative estimate of drug-likeness (QED) is 0.806. The molecule has 0 fully saturated rings. The number of hydrogen-bond donors (Lipinski definition) is 1. The Morgan fingerprint density at radius 2 is 2.09 bits per heavy atom. The first-order chi connectivity index (χ1) is 10.7. The van der Waals surface area contributed by atoms with Gasteiger partial charge in [-0.1, -0.05) is 12.1 Å². The van der Waals surface area contributed by atoms with Crippen molar-refractivity contribution in [2.24, 2.45) is 7.05 Å². The number of hydrogen-bond acceptors (Lipinski definition) is 5. The Morgan fingerprint density at radius 3 is 2.73 bits per heavy atom. The average molecular weight is 309 g/mol. The molecule has 0 spiro atoms. The molecule has 108 valence electrons. The van der Waals surface area contributed by atoms with Gasteiger partial charge in [-0.3, -0.25) is 14.8 Å². The van der Waals surface area contributed by atoms with Gasteiger partial charge in [0.05, 0.1) is 17.3 Å². The van der Waals surface area contributed by atoms with Gasteiger partial charge in [-0.25, -0.2) is 4.98 Å². The SMILES string of the molecule is Cn1ccc(C(=O)Nc2nc(-c3ccc(C#N)cc3)cs2)n1. The fourth-order valence-corrected chi connectivity index (χ4v) is 2.59. The number of aryl methyl sites for hydroxylation is 1. The summed E-state index contributed by atoms with van der Waals surface area (Å²) >= 11 is 1.34. The van der Waals surface area contributed by atoms with Crippen molar-refractivity contribution in [2.45, 2.75) is 0 Å². The molecule has 1 N–H and O–H groups in total. The van der Waals surface area contributed by atoms with Gasteiger partial charge >= 0.3 is 0 Å². The van der Waals surface area contributed by atoms with Crippen molar-refractivity contribution in [1.82, 2.24) is 14.8 Å². The molecule has 0 saturated heterocycles. The maximum absolute atomic E-state index is 12.0. The Bertz CT molecular complexity index is 857. The van der Waals surface area contributed by atoms with Crippen LogP contribution in [0.4, 0.5) is 5.13 Å². The summed E-state index contributed by atoms with van der Waals surface area (Å²) in [4.78, 5) is 16.4. The topological polar surface area (TPSA) is 83.6 Å². The number of aromatic nitrogens is 3. The molecule has 22 heavy (non-hydrogen) atoms. The maximum Gasteiger partial charge on any atom is 0.277 e. The molecule has 2 aromatic heterocycles. The van der Waals surface area contributed by atoms with E-state index in [-0.39, 0.29) is 5.91 Å². The van der Waals surface area contributed by atoms with Crippen molar-refractivity contribution in [3.63, 3.8) is 0 Å². The van der Waals surface area contributed by atoms with E-state index in [9.17, 15) is 4.79 Å². The van der Waals surface area contributed by atoms with E-state index in [0.717, 1.165) is 11.3 Å². The number of amides is 1. The van der Waals surface area contributed by atoms with E-state index in [2.05, 4.69) is 21.5 Å². The van der Waals surface area contributed by atoms with Crippen LogP contribution < -0.4 is 5.32 Å². The predicted molar refractivity (Wildman–Crippen MR) is 83.4 cm³/mol. The predicted octanol–water partition coefficient (Wildman–Crippen LogP) is 2.67. The zero-order valence-corrected chi connectivity index (χ0v) is 12.5. The number of carbonyl (C=O) groups is 1. The van der Waals surface area contributed by atoms with Crippen LogP contribution in [0.2, 0.25) is 0 Å². The van der Waals surface area contributed by atoms with Gasteiger partial charge in [-0.2, -0.15) is 10.4 Å². The van der Waals surface area contributed by atoms with Crippen LogP contribution >= 0.6 is 11.3 Å². The Kier molecular flexibility index (Phi) is 3.68. The van der Waals surface area contributed by atoms with Crippen molar-refractivity contribution in [2.75, 3.05) is 5.32 Å². The van der Waals surface area contributed by atoms with E-state index in [1.165, 1.54) is 11.3 Å². The summed E-state index contributed by atoms with van der Waals surface area (Å²) in [7, 11) is 1.75. The van der Waals surface area contributed by atoms with Crippen molar-refractivity contribution >= 4 is 22.4 Å². The fourth-order valence-electron chi connectivity index (χ4n) is 1.88. The summed E-state index contributed by atoms with van der Waals surface area (Å²) in [6.07, 6.45) is 1.71. The second kappa shape index (κ2) is 5.79. The second-order valence-corrected chi connectivity index (χ2v) is 5.41. The lowest BCUT2D eigenvalue weighted by Crippen LogP contribution is -2.12. The Hall–Kier alpha value is -2.98. The third kappa shape index (κ3) is 2.87. The van der Waals surface area contributed by atoms with Crippen LogP contribution in [0, 0.1) is 11.3 Å². The van der Waals surface area contributed by atoms with Gasteiger partial charge in [-0.05, 0) is 18.2 Å². The molecule has 0 aliphatic carbocycles. The number of nitriles is 1. The van der Waals surface area contributed by atoms with Gasteiger partial charge in [-0.15, -0.1) is 11.3 Å². The second-order valence-electron chi connectivity index (χ2n) is 4.56. The fraction of sp³-hybridized carbons (Fsp3) is 0.0667. The van der Waals surface area contributed by atoms with Gasteiger partial charge in [0.1, 0.15) is 0 Å². The van der Waals surface area contributed by atoms with Crippen LogP contribution in [0.5, 0.6) is 0 Å². The zero-order chi connectivity index (χ0) is 15.5. The third-order valence-corrected chi connectivity index (χ3v) is 3.74. The minimum Gasteiger partial charge on any atom is -0.296 e. The molecule has 3 rings (SSSR count). The number of thiazole rings is 1. The molecule has 3 aromatic rings. The lowest BCUT2D eigenvalue weighted by Gasteiger charge is -1.98. The van der Waals surface area contributed by atoms with E-state index < -0.39 is 0 Å². The van der Waals surface area contributed by atoms with Crippen LogP contribution in [-0.2, 0) is 7.05 Å². The summed E-state index contributed by atoms with van der Waals surface area (Å²) in [6, 6.07) is 10.9. The number of rotatable bonds is 3. The normalized spacial score (nSPS) is 10.2. The maximum atomic E-state index is 12.0. The van der Waals surface area contributed by atoms with Crippen molar-refractivity contribution in [1.29, 1.82) is 5.26 Å². The molecule has 1 aromatic carbocycles. The standard InChI is InChI=1S/C15H11N5OS/c1-20-7-6-12(19-20)14(21)18-15-17-13(9-22-15)11-4-2-10(8-16)3-5-11/h2-7,9H,1H3,(H,17,18,21). The lowest BCUT2D eigenvalue weighted by molar-refractivity contribution is 0.102. The van der Waals surface area contributed by atoms with Crippen molar-refractivity contribution in [3.05, 3.63) is 53.2 Å². The Labute approximate surface area is 130 Å². The summed E-state index contributed by atoms with van der Waals surface area (Å²) in [6.45, 7) is 0. The van der Waals surface area contributed by atoms with Crippen LogP contribution in [0.25, 0.3) is 11.3 Å². The summed E-state index contributed by atoms with van der Waals surface area (Å²) in [5.74, 6) is -0.290. The number of nitrogens with one attached hydrogen (secondary N) is 1. The van der Waals surface area contributed by atoms with Crippen LogP contribution in [0.1, 0.15) is 16.1 Å². The average Bonchev–Trinajstić information content (AvgIpc) is 3.16. The van der Waals surface area contributed by atoms with Gasteiger partial charge in [0, 0.05) is 24.2 Å². The molecule has 0 saturated carbocycles. The number of benzene rings is 1. The molecular formula is C15H11N5OS. The van der Waals surface area contributed by atoms with Crippen molar-refractivity contribution < 1.29 is 4.79 Å². The van der Waals surface area contributed by atoms with Crippen molar-refractivity contribution in [3.8, 4) is 17.3 Å². The highest BCUT2D eigenvalue weighted by molar-refractivity contribution is 7.14. The Morgan fingerprint density at radius 1 is 1.32 bits per heavy atom. The van der Waals surface area contributed by atoms with Gasteiger partial charge in [0.25, 0.3) is 5.91 Å². The zero-order valence-electron chi connectivity index (χ0n) is 11.6. The first-order valence-corrected chi connectivity index (χ1v) is 7.31. The molecule has 2 heterocycles. The number of anilines is 1. The molecule has 0 bridgehead atoms. The monoisotopic (exact) mass is 309 g/mol. The van der Waals surface area contributed by atoms with Crippen LogP contribution in [-0.4, -0.2) is 20.7 Å². The highest BCUT2D eigenvalue weighted by atomic mass is 32.1. The number of carbonyl (C=O) groups excluding carboxylic acids is 1.